The lowest BCUT2D eigenvalue weighted by molar-refractivity contribution is -0.138. The number of aliphatic hydroxyl groups is 1. The van der Waals surface area contributed by atoms with Gasteiger partial charge in [0, 0.05) is 43.0 Å². The molecule has 11 heteroatoms. The number of likely N-dealkylation sites (tertiary alicyclic amines) is 1. The Morgan fingerprint density at radius 1 is 1.23 bits per heavy atom. The number of rotatable bonds is 8. The molecule has 0 spiro atoms. The van der Waals surface area contributed by atoms with Crippen molar-refractivity contribution in [1.82, 2.24) is 20.2 Å². The van der Waals surface area contributed by atoms with Crippen LogP contribution in [0.25, 0.3) is 0 Å². The van der Waals surface area contributed by atoms with Crippen molar-refractivity contribution >= 4 is 17.5 Å². The van der Waals surface area contributed by atoms with E-state index in [0.717, 1.165) is 19.2 Å². The van der Waals surface area contributed by atoms with E-state index in [1.807, 2.05) is 10.4 Å². The summed E-state index contributed by atoms with van der Waals surface area (Å²) >= 11 is 0. The first-order valence-electron chi connectivity index (χ1n) is 7.87. The number of hydrogen-bond donors (Lipinski definition) is 7. The van der Waals surface area contributed by atoms with Crippen molar-refractivity contribution in [1.29, 1.82) is 0 Å². The van der Waals surface area contributed by atoms with Gasteiger partial charge in [0.1, 0.15) is 0 Å². The summed E-state index contributed by atoms with van der Waals surface area (Å²) in [6.07, 6.45) is 0. The van der Waals surface area contributed by atoms with Gasteiger partial charge in [0.2, 0.25) is 11.8 Å². The average molecular weight is 364 g/mol. The molecule has 0 atom stereocenters. The van der Waals surface area contributed by atoms with E-state index in [1.54, 1.807) is 18.2 Å². The Hall–Kier alpha value is -2.70. The molecule has 0 radical (unpaired) electrons. The Kier molecular flexibility index (Phi) is 5.65. The summed E-state index contributed by atoms with van der Waals surface area (Å²) in [5, 5.41) is 42.7. The smallest absolute Gasteiger partial charge is 0.232 e. The van der Waals surface area contributed by atoms with Crippen LogP contribution in [0.3, 0.4) is 0 Å². The normalized spacial score (nSPS) is 14.7. The SMILES string of the molecule is OCN1CC(NCc2cc(Nc3nc(O)cc(NO)n3)ccc2OO)C1. The lowest BCUT2D eigenvalue weighted by atomic mass is 10.1. The number of aliphatic hydroxyl groups excluding tert-OH is 1. The van der Waals surface area contributed by atoms with Crippen LogP contribution in [0, 0.1) is 0 Å². The number of benzene rings is 1. The second kappa shape index (κ2) is 8.12. The zero-order valence-electron chi connectivity index (χ0n) is 13.8. The van der Waals surface area contributed by atoms with Gasteiger partial charge in [-0.15, -0.1) is 0 Å². The van der Waals surface area contributed by atoms with E-state index in [9.17, 15) is 5.11 Å². The molecular weight excluding hydrogens is 344 g/mol. The van der Waals surface area contributed by atoms with Crippen molar-refractivity contribution in [3.8, 4) is 11.6 Å². The molecule has 1 aliphatic heterocycles. The maximum absolute atomic E-state index is 9.53. The Bertz CT molecular complexity index is 755. The molecule has 0 amide bonds. The fourth-order valence-corrected chi connectivity index (χ4v) is 2.63. The largest absolute Gasteiger partial charge is 0.493 e. The zero-order chi connectivity index (χ0) is 18.5. The Labute approximate surface area is 148 Å². The average Bonchev–Trinajstić information content (AvgIpc) is 2.60. The fourth-order valence-electron chi connectivity index (χ4n) is 2.63. The maximum Gasteiger partial charge on any atom is 0.232 e. The molecule has 2 aromatic rings. The minimum atomic E-state index is -0.310. The number of anilines is 3. The predicted octanol–water partition coefficient (Wildman–Crippen LogP) is 0.302. The lowest BCUT2D eigenvalue weighted by Gasteiger charge is -2.38. The molecule has 0 saturated carbocycles. The fraction of sp³-hybridized carbons (Fsp3) is 0.333. The highest BCUT2D eigenvalue weighted by atomic mass is 17.1. The minimum Gasteiger partial charge on any atom is -0.493 e. The third-order valence-corrected chi connectivity index (χ3v) is 3.98. The van der Waals surface area contributed by atoms with Crippen molar-refractivity contribution < 1.29 is 25.6 Å². The molecule has 1 aromatic carbocycles. The van der Waals surface area contributed by atoms with Crippen LogP contribution in [0.1, 0.15) is 5.56 Å². The van der Waals surface area contributed by atoms with Crippen molar-refractivity contribution in [2.24, 2.45) is 0 Å². The summed E-state index contributed by atoms with van der Waals surface area (Å²) in [4.78, 5) is 14.1. The Morgan fingerprint density at radius 2 is 2.04 bits per heavy atom. The van der Waals surface area contributed by atoms with Gasteiger partial charge in [-0.1, -0.05) is 0 Å². The van der Waals surface area contributed by atoms with Crippen LogP contribution in [0.2, 0.25) is 0 Å². The van der Waals surface area contributed by atoms with Crippen LogP contribution >= 0.6 is 0 Å². The van der Waals surface area contributed by atoms with Gasteiger partial charge in [-0.3, -0.25) is 15.6 Å². The van der Waals surface area contributed by atoms with Crippen LogP contribution in [-0.2, 0) is 6.54 Å². The monoisotopic (exact) mass is 364 g/mol. The van der Waals surface area contributed by atoms with Crippen LogP contribution in [0.15, 0.2) is 24.3 Å². The van der Waals surface area contributed by atoms with Crippen LogP contribution in [0.5, 0.6) is 11.6 Å². The highest BCUT2D eigenvalue weighted by molar-refractivity contribution is 5.58. The van der Waals surface area contributed by atoms with E-state index >= 15 is 0 Å². The molecule has 7 N–H and O–H groups in total. The van der Waals surface area contributed by atoms with Gasteiger partial charge < -0.3 is 25.7 Å². The van der Waals surface area contributed by atoms with Gasteiger partial charge in [0.15, 0.2) is 11.6 Å². The zero-order valence-corrected chi connectivity index (χ0v) is 13.8. The Balaban J connectivity index is 1.69. The molecule has 1 fully saturated rings. The van der Waals surface area contributed by atoms with Gasteiger partial charge >= 0.3 is 0 Å². The van der Waals surface area contributed by atoms with E-state index < -0.39 is 0 Å². The number of nitrogens with one attached hydrogen (secondary N) is 3. The lowest BCUT2D eigenvalue weighted by Crippen LogP contribution is -2.57. The molecule has 0 bridgehead atoms. The van der Waals surface area contributed by atoms with Crippen molar-refractivity contribution in [3.05, 3.63) is 29.8 Å². The summed E-state index contributed by atoms with van der Waals surface area (Å²) < 4.78 is 0. The van der Waals surface area contributed by atoms with E-state index in [4.69, 9.17) is 15.6 Å². The highest BCUT2D eigenvalue weighted by Gasteiger charge is 2.25. The molecule has 26 heavy (non-hydrogen) atoms. The Morgan fingerprint density at radius 3 is 2.73 bits per heavy atom. The number of aromatic nitrogens is 2. The molecule has 140 valence electrons. The summed E-state index contributed by atoms with van der Waals surface area (Å²) in [7, 11) is 0. The number of nitrogens with zero attached hydrogens (tertiary/aromatic N) is 3. The van der Waals surface area contributed by atoms with Gasteiger partial charge in [-0.05, 0) is 18.2 Å². The predicted molar refractivity (Wildman–Crippen MR) is 91.4 cm³/mol. The second-order valence-electron chi connectivity index (χ2n) is 5.84. The van der Waals surface area contributed by atoms with Crippen molar-refractivity contribution in [2.75, 3.05) is 30.6 Å². The number of hydrogen-bond acceptors (Lipinski definition) is 11. The van der Waals surface area contributed by atoms with Crippen molar-refractivity contribution in [3.63, 3.8) is 0 Å². The summed E-state index contributed by atoms with van der Waals surface area (Å²) in [5.74, 6) is 0.108. The van der Waals surface area contributed by atoms with Crippen LogP contribution < -0.4 is 21.0 Å². The molecule has 1 aliphatic rings. The summed E-state index contributed by atoms with van der Waals surface area (Å²) in [6.45, 7) is 1.98. The van der Waals surface area contributed by atoms with Gasteiger partial charge in [-0.2, -0.15) is 9.97 Å². The minimum absolute atomic E-state index is 0.0376. The third kappa shape index (κ3) is 4.28. The van der Waals surface area contributed by atoms with Crippen LogP contribution in [-0.4, -0.2) is 61.4 Å². The topological polar surface area (TPSA) is 155 Å². The first kappa shape index (κ1) is 18.1. The summed E-state index contributed by atoms with van der Waals surface area (Å²) in [6, 6.07) is 6.37. The first-order valence-corrected chi connectivity index (χ1v) is 7.87. The van der Waals surface area contributed by atoms with Crippen molar-refractivity contribution in [2.45, 2.75) is 12.6 Å². The third-order valence-electron chi connectivity index (χ3n) is 3.98. The van der Waals surface area contributed by atoms with Gasteiger partial charge in [0.25, 0.3) is 0 Å². The van der Waals surface area contributed by atoms with Gasteiger partial charge in [0.05, 0.1) is 6.73 Å². The van der Waals surface area contributed by atoms with Gasteiger partial charge in [-0.25, -0.2) is 5.26 Å². The molecule has 0 aliphatic carbocycles. The number of aromatic hydroxyl groups is 1. The highest BCUT2D eigenvalue weighted by Crippen LogP contribution is 2.25. The quantitative estimate of drug-likeness (QED) is 0.255. The van der Waals surface area contributed by atoms with Crippen LogP contribution in [0.4, 0.5) is 17.5 Å². The molecule has 1 saturated heterocycles. The molecule has 1 aromatic heterocycles. The van der Waals surface area contributed by atoms with E-state index in [2.05, 4.69) is 25.5 Å². The maximum atomic E-state index is 9.53. The van der Waals surface area contributed by atoms with E-state index in [-0.39, 0.29) is 30.4 Å². The molecule has 0 unspecified atom stereocenters. The van der Waals surface area contributed by atoms with E-state index in [1.165, 1.54) is 0 Å². The molecular formula is C15H20N6O5. The molecule has 3 rings (SSSR count). The molecule has 11 nitrogen and oxygen atoms in total. The standard InChI is InChI=1S/C15H20N6O5/c22-8-21-6-11(7-21)16-5-9-3-10(1-2-12(9)26-25)17-15-18-13(20-24)4-14(23)19-15/h1-4,11,16,22,24-25H,5-8H2,(H3,17,18,19,20,23). The molecule has 2 heterocycles. The summed E-state index contributed by atoms with van der Waals surface area (Å²) in [5.41, 5.74) is 3.14. The first-order chi connectivity index (χ1) is 12.6. The second-order valence-corrected chi connectivity index (χ2v) is 5.84. The van der Waals surface area contributed by atoms with E-state index in [0.29, 0.717) is 23.5 Å².